The van der Waals surface area contributed by atoms with Crippen molar-refractivity contribution in [3.63, 3.8) is 0 Å². The summed E-state index contributed by atoms with van der Waals surface area (Å²) in [4.78, 5) is 34.2. The fourth-order valence-electron chi connectivity index (χ4n) is 4.70. The van der Waals surface area contributed by atoms with Crippen LogP contribution in [0.5, 0.6) is 5.88 Å². The second kappa shape index (κ2) is 9.83. The summed E-state index contributed by atoms with van der Waals surface area (Å²) >= 11 is 1.49. The zero-order valence-electron chi connectivity index (χ0n) is 20.2. The number of hydrogen-bond acceptors (Lipinski definition) is 8. The minimum absolute atomic E-state index is 0.0317. The van der Waals surface area contributed by atoms with Crippen molar-refractivity contribution in [1.82, 2.24) is 25.1 Å². The summed E-state index contributed by atoms with van der Waals surface area (Å²) in [6.45, 7) is 0.199. The van der Waals surface area contributed by atoms with Gasteiger partial charge in [-0.05, 0) is 55.2 Å². The maximum atomic E-state index is 12.6. The Bertz CT molecular complexity index is 1520. The highest BCUT2D eigenvalue weighted by Crippen LogP contribution is 2.33. The summed E-state index contributed by atoms with van der Waals surface area (Å²) in [6.07, 6.45) is 6.29. The van der Waals surface area contributed by atoms with Gasteiger partial charge >= 0.3 is 0 Å². The van der Waals surface area contributed by atoms with Gasteiger partial charge in [0.05, 0.1) is 42.0 Å². The standard InChI is InChI=1S/C26H25N7O3S/c1-36-25-7-5-19-26(31-25)21(8-9-27-19)33-13-15-10-16(2-4-18(15)32-33)28-12-23(34)29-17-3-6-22-20(11-17)30-24(35)14-37-22/h3,5-9,11,13,16,28H,2,4,10,12,14H2,1H3,(H,29,34)(H,30,35). The highest BCUT2D eigenvalue weighted by molar-refractivity contribution is 8.00. The third kappa shape index (κ3) is 4.87. The predicted molar refractivity (Wildman–Crippen MR) is 141 cm³/mol. The highest BCUT2D eigenvalue weighted by Gasteiger charge is 2.23. The first-order valence-corrected chi connectivity index (χ1v) is 13.0. The molecule has 0 fully saturated rings. The zero-order chi connectivity index (χ0) is 25.4. The number of aryl methyl sites for hydroxylation is 1. The molecule has 3 aromatic heterocycles. The maximum Gasteiger partial charge on any atom is 0.238 e. The van der Waals surface area contributed by atoms with Gasteiger partial charge in [0.15, 0.2) is 0 Å². The first-order chi connectivity index (χ1) is 18.1. The lowest BCUT2D eigenvalue weighted by Crippen LogP contribution is -2.39. The second-order valence-corrected chi connectivity index (χ2v) is 10.0. The molecule has 0 radical (unpaired) electrons. The van der Waals surface area contributed by atoms with Crippen LogP contribution in [0, 0.1) is 0 Å². The number of nitrogens with one attached hydrogen (secondary N) is 3. The molecule has 1 aliphatic heterocycles. The average Bonchev–Trinajstić information content (AvgIpc) is 3.34. The minimum Gasteiger partial charge on any atom is -0.481 e. The molecule has 0 saturated heterocycles. The smallest absolute Gasteiger partial charge is 0.238 e. The van der Waals surface area contributed by atoms with Gasteiger partial charge in [0.25, 0.3) is 0 Å². The molecule has 1 atom stereocenters. The van der Waals surface area contributed by atoms with E-state index in [1.165, 1.54) is 11.8 Å². The van der Waals surface area contributed by atoms with Gasteiger partial charge in [-0.3, -0.25) is 14.6 Å². The Morgan fingerprint density at radius 1 is 1.27 bits per heavy atom. The van der Waals surface area contributed by atoms with Crippen LogP contribution in [0.4, 0.5) is 11.4 Å². The van der Waals surface area contributed by atoms with Crippen LogP contribution in [0.1, 0.15) is 17.7 Å². The fraction of sp³-hybridized carbons (Fsp3) is 0.269. The van der Waals surface area contributed by atoms with E-state index < -0.39 is 0 Å². The number of methoxy groups -OCH3 is 1. The third-order valence-corrected chi connectivity index (χ3v) is 7.59. The number of aromatic nitrogens is 4. The molecular weight excluding hydrogens is 490 g/mol. The molecule has 11 heteroatoms. The van der Waals surface area contributed by atoms with Gasteiger partial charge in [-0.1, -0.05) is 0 Å². The normalized spacial score (nSPS) is 16.6. The van der Waals surface area contributed by atoms with Crippen LogP contribution in [0.3, 0.4) is 0 Å². The molecule has 0 spiro atoms. The number of thioether (sulfide) groups is 1. The molecule has 4 aromatic rings. The number of fused-ring (bicyclic) bond motifs is 3. The molecule has 188 valence electrons. The van der Waals surface area contributed by atoms with Crippen LogP contribution < -0.4 is 20.7 Å². The van der Waals surface area contributed by atoms with Crippen LogP contribution in [0.2, 0.25) is 0 Å². The molecule has 37 heavy (non-hydrogen) atoms. The Morgan fingerprint density at radius 2 is 2.19 bits per heavy atom. The van der Waals surface area contributed by atoms with E-state index in [9.17, 15) is 9.59 Å². The van der Waals surface area contributed by atoms with Crippen molar-refractivity contribution in [2.75, 3.05) is 30.0 Å². The Labute approximate surface area is 217 Å². The van der Waals surface area contributed by atoms with E-state index in [0.717, 1.165) is 57.8 Å². The zero-order valence-corrected chi connectivity index (χ0v) is 21.0. The summed E-state index contributed by atoms with van der Waals surface area (Å²) in [5, 5.41) is 14.0. The lowest BCUT2D eigenvalue weighted by atomic mass is 9.93. The number of ether oxygens (including phenoxy) is 1. The van der Waals surface area contributed by atoms with E-state index in [2.05, 4.69) is 25.9 Å². The van der Waals surface area contributed by atoms with Gasteiger partial charge in [0, 0.05) is 35.1 Å². The third-order valence-electron chi connectivity index (χ3n) is 6.51. The van der Waals surface area contributed by atoms with Crippen molar-refractivity contribution >= 4 is 46.0 Å². The van der Waals surface area contributed by atoms with Crippen molar-refractivity contribution in [3.05, 3.63) is 60.0 Å². The average molecular weight is 516 g/mol. The van der Waals surface area contributed by atoms with E-state index in [0.29, 0.717) is 17.3 Å². The largest absolute Gasteiger partial charge is 0.481 e. The number of hydrogen-bond donors (Lipinski definition) is 3. The molecule has 0 saturated carbocycles. The van der Waals surface area contributed by atoms with Crippen LogP contribution >= 0.6 is 11.8 Å². The van der Waals surface area contributed by atoms with Crippen LogP contribution in [0.25, 0.3) is 16.7 Å². The van der Waals surface area contributed by atoms with Crippen molar-refractivity contribution < 1.29 is 14.3 Å². The highest BCUT2D eigenvalue weighted by atomic mass is 32.2. The summed E-state index contributed by atoms with van der Waals surface area (Å²) in [7, 11) is 1.59. The molecular formula is C26H25N7O3S. The maximum absolute atomic E-state index is 12.6. The molecule has 4 heterocycles. The number of nitrogens with zero attached hydrogens (tertiary/aromatic N) is 4. The number of pyridine rings is 2. The first-order valence-electron chi connectivity index (χ1n) is 12.0. The van der Waals surface area contributed by atoms with Crippen molar-refractivity contribution in [2.45, 2.75) is 30.2 Å². The molecule has 1 aromatic carbocycles. The summed E-state index contributed by atoms with van der Waals surface area (Å²) in [6, 6.07) is 11.3. The molecule has 0 bridgehead atoms. The summed E-state index contributed by atoms with van der Waals surface area (Å²) in [5.41, 5.74) is 5.96. The van der Waals surface area contributed by atoms with Gasteiger partial charge in [-0.25, -0.2) is 9.67 Å². The number of rotatable bonds is 6. The van der Waals surface area contributed by atoms with E-state index in [1.54, 1.807) is 25.4 Å². The molecule has 1 aliphatic carbocycles. The number of benzene rings is 1. The molecule has 2 aliphatic rings. The first kappa shape index (κ1) is 23.4. The predicted octanol–water partition coefficient (Wildman–Crippen LogP) is 2.95. The fourth-order valence-corrected chi connectivity index (χ4v) is 5.49. The number of amides is 2. The lowest BCUT2D eigenvalue weighted by molar-refractivity contribution is -0.115. The Balaban J connectivity index is 1.10. The van der Waals surface area contributed by atoms with Crippen molar-refractivity contribution in [2.24, 2.45) is 0 Å². The number of carbonyl (C=O) groups is 2. The van der Waals surface area contributed by atoms with E-state index >= 15 is 0 Å². The lowest BCUT2D eigenvalue weighted by Gasteiger charge is -2.22. The molecule has 1 unspecified atom stereocenters. The molecule has 2 amide bonds. The van der Waals surface area contributed by atoms with Gasteiger partial charge in [-0.2, -0.15) is 5.10 Å². The SMILES string of the molecule is COc1ccc2nccc(-n3cc4c(n3)CCC(NCC(=O)Nc3ccc5c(c3)NC(=O)CS5)C4)c2n1. The molecule has 10 nitrogen and oxygen atoms in total. The van der Waals surface area contributed by atoms with Gasteiger partial charge in [-0.15, -0.1) is 11.8 Å². The van der Waals surface area contributed by atoms with E-state index in [4.69, 9.17) is 9.84 Å². The van der Waals surface area contributed by atoms with Gasteiger partial charge < -0.3 is 20.7 Å². The quantitative estimate of drug-likeness (QED) is 0.358. The summed E-state index contributed by atoms with van der Waals surface area (Å²) < 4.78 is 7.16. The van der Waals surface area contributed by atoms with E-state index in [-0.39, 0.29) is 24.4 Å². The van der Waals surface area contributed by atoms with E-state index in [1.807, 2.05) is 35.1 Å². The Hall–Kier alpha value is -3.96. The monoisotopic (exact) mass is 515 g/mol. The Kier molecular flexibility index (Phi) is 6.23. The minimum atomic E-state index is -0.125. The topological polar surface area (TPSA) is 123 Å². The Morgan fingerprint density at radius 3 is 3.08 bits per heavy atom. The molecule has 3 N–H and O–H groups in total. The van der Waals surface area contributed by atoms with Crippen LogP contribution in [0.15, 0.2) is 53.7 Å². The van der Waals surface area contributed by atoms with Crippen molar-refractivity contribution in [3.8, 4) is 11.6 Å². The van der Waals surface area contributed by atoms with Gasteiger partial charge in [0.1, 0.15) is 5.52 Å². The molecule has 6 rings (SSSR count). The van der Waals surface area contributed by atoms with Crippen LogP contribution in [-0.2, 0) is 22.4 Å². The summed E-state index contributed by atoms with van der Waals surface area (Å²) in [5.74, 6) is 0.783. The van der Waals surface area contributed by atoms with Gasteiger partial charge in [0.2, 0.25) is 17.7 Å². The second-order valence-electron chi connectivity index (χ2n) is 9.01. The van der Waals surface area contributed by atoms with Crippen molar-refractivity contribution in [1.29, 1.82) is 0 Å². The van der Waals surface area contributed by atoms with Crippen LogP contribution in [-0.4, -0.2) is 57.0 Å². The number of anilines is 2. The number of carbonyl (C=O) groups excluding carboxylic acids is 2.